The lowest BCUT2D eigenvalue weighted by Gasteiger charge is -2.16. The van der Waals surface area contributed by atoms with Crippen molar-refractivity contribution in [2.45, 2.75) is 12.5 Å². The SMILES string of the molecule is COC(=O)[C@@H](COCc1ccccc1)c1cc[nH]c(=O)c1N. The van der Waals surface area contributed by atoms with Gasteiger partial charge < -0.3 is 20.2 Å². The lowest BCUT2D eigenvalue weighted by atomic mass is 9.99. The van der Waals surface area contributed by atoms with Gasteiger partial charge in [0.15, 0.2) is 0 Å². The Hall–Kier alpha value is -2.60. The van der Waals surface area contributed by atoms with Crippen LogP contribution >= 0.6 is 0 Å². The average molecular weight is 302 g/mol. The van der Waals surface area contributed by atoms with Crippen LogP contribution in [-0.2, 0) is 20.9 Å². The number of ether oxygens (including phenoxy) is 2. The summed E-state index contributed by atoms with van der Waals surface area (Å²) in [5, 5.41) is 0. The molecule has 2 rings (SSSR count). The van der Waals surface area contributed by atoms with Gasteiger partial charge in [0.2, 0.25) is 0 Å². The molecule has 0 amide bonds. The third kappa shape index (κ3) is 3.73. The van der Waals surface area contributed by atoms with Crippen molar-refractivity contribution in [3.63, 3.8) is 0 Å². The minimum absolute atomic E-state index is 0.00112. The average Bonchev–Trinajstić information content (AvgIpc) is 2.55. The van der Waals surface area contributed by atoms with Gasteiger partial charge in [0.25, 0.3) is 5.56 Å². The van der Waals surface area contributed by atoms with Gasteiger partial charge in [-0.15, -0.1) is 0 Å². The number of esters is 1. The highest BCUT2D eigenvalue weighted by Gasteiger charge is 2.25. The molecule has 6 heteroatoms. The molecule has 6 nitrogen and oxygen atoms in total. The second-order valence-electron chi connectivity index (χ2n) is 4.75. The minimum atomic E-state index is -0.740. The number of rotatable bonds is 6. The van der Waals surface area contributed by atoms with E-state index in [2.05, 4.69) is 4.98 Å². The Labute approximate surface area is 127 Å². The van der Waals surface area contributed by atoms with Crippen LogP contribution < -0.4 is 11.3 Å². The van der Waals surface area contributed by atoms with Gasteiger partial charge in [-0.3, -0.25) is 9.59 Å². The summed E-state index contributed by atoms with van der Waals surface area (Å²) in [5.41, 5.74) is 6.71. The summed E-state index contributed by atoms with van der Waals surface area (Å²) in [6.07, 6.45) is 1.45. The molecule has 2 aromatic rings. The van der Waals surface area contributed by atoms with Crippen molar-refractivity contribution < 1.29 is 14.3 Å². The predicted octanol–water partition coefficient (Wildman–Crippen LogP) is 1.43. The molecular weight excluding hydrogens is 284 g/mol. The maximum Gasteiger partial charge on any atom is 0.315 e. The Bertz CT molecular complexity index is 682. The number of aromatic amines is 1. The first-order valence-corrected chi connectivity index (χ1v) is 6.80. The maximum atomic E-state index is 11.9. The lowest BCUT2D eigenvalue weighted by molar-refractivity contribution is -0.144. The highest BCUT2D eigenvalue weighted by Crippen LogP contribution is 2.21. The number of aromatic nitrogens is 1. The molecule has 116 valence electrons. The van der Waals surface area contributed by atoms with Crippen molar-refractivity contribution in [1.82, 2.24) is 4.98 Å². The van der Waals surface area contributed by atoms with Crippen LogP contribution in [0.2, 0.25) is 0 Å². The number of nitrogens with two attached hydrogens (primary N) is 1. The van der Waals surface area contributed by atoms with Gasteiger partial charge in [0.1, 0.15) is 11.6 Å². The molecule has 0 fully saturated rings. The monoisotopic (exact) mass is 302 g/mol. The van der Waals surface area contributed by atoms with E-state index in [0.29, 0.717) is 12.2 Å². The van der Waals surface area contributed by atoms with Crippen LogP contribution in [0.3, 0.4) is 0 Å². The first-order chi connectivity index (χ1) is 10.6. The van der Waals surface area contributed by atoms with E-state index in [1.165, 1.54) is 13.3 Å². The summed E-state index contributed by atoms with van der Waals surface area (Å²) in [7, 11) is 1.29. The third-order valence-electron chi connectivity index (χ3n) is 3.29. The second kappa shape index (κ2) is 7.42. The molecule has 0 aliphatic carbocycles. The van der Waals surface area contributed by atoms with E-state index in [1.807, 2.05) is 30.3 Å². The lowest BCUT2D eigenvalue weighted by Crippen LogP contribution is -2.24. The van der Waals surface area contributed by atoms with Crippen LogP contribution in [0.25, 0.3) is 0 Å². The summed E-state index contributed by atoms with van der Waals surface area (Å²) >= 11 is 0. The van der Waals surface area contributed by atoms with Gasteiger partial charge in [-0.1, -0.05) is 30.3 Å². The Kier molecular flexibility index (Phi) is 5.32. The number of pyridine rings is 1. The fraction of sp³-hybridized carbons (Fsp3) is 0.250. The zero-order chi connectivity index (χ0) is 15.9. The smallest absolute Gasteiger partial charge is 0.315 e. The largest absolute Gasteiger partial charge is 0.468 e. The van der Waals surface area contributed by atoms with Gasteiger partial charge >= 0.3 is 5.97 Å². The van der Waals surface area contributed by atoms with E-state index >= 15 is 0 Å². The Balaban J connectivity index is 2.12. The normalized spacial score (nSPS) is 11.9. The molecule has 0 saturated heterocycles. The van der Waals surface area contributed by atoms with Crippen LogP contribution in [-0.4, -0.2) is 24.7 Å². The maximum absolute atomic E-state index is 11.9. The quantitative estimate of drug-likeness (QED) is 0.787. The van der Waals surface area contributed by atoms with Crippen LogP contribution in [0, 0.1) is 0 Å². The van der Waals surface area contributed by atoms with Crippen molar-refractivity contribution in [3.8, 4) is 0 Å². The molecule has 0 saturated carbocycles. The summed E-state index contributed by atoms with van der Waals surface area (Å²) in [4.78, 5) is 26.0. The summed E-state index contributed by atoms with van der Waals surface area (Å²) in [6, 6.07) is 11.2. The molecule has 0 spiro atoms. The molecule has 1 aromatic carbocycles. The highest BCUT2D eigenvalue weighted by molar-refractivity contribution is 5.80. The molecule has 0 unspecified atom stereocenters. The number of carbonyl (C=O) groups is 1. The first kappa shape index (κ1) is 15.8. The first-order valence-electron chi connectivity index (χ1n) is 6.80. The van der Waals surface area contributed by atoms with Gasteiger partial charge in [-0.25, -0.2) is 0 Å². The van der Waals surface area contributed by atoms with E-state index in [-0.39, 0.29) is 12.3 Å². The van der Waals surface area contributed by atoms with E-state index in [1.54, 1.807) is 6.07 Å². The zero-order valence-electron chi connectivity index (χ0n) is 12.2. The van der Waals surface area contributed by atoms with E-state index in [4.69, 9.17) is 15.2 Å². The number of H-pyrrole nitrogens is 1. The van der Waals surface area contributed by atoms with Crippen LogP contribution in [0.4, 0.5) is 5.69 Å². The molecule has 0 radical (unpaired) electrons. The molecule has 1 aromatic heterocycles. The van der Waals surface area contributed by atoms with E-state index < -0.39 is 17.4 Å². The molecule has 3 N–H and O–H groups in total. The summed E-state index contributed by atoms with van der Waals surface area (Å²) in [5.74, 6) is -1.23. The standard InChI is InChI=1S/C16H18N2O4/c1-21-16(20)13(12-7-8-18-15(19)14(12)17)10-22-9-11-5-3-2-4-6-11/h2-8,13H,9-10,17H2,1H3,(H,18,19)/t13-/m0/s1. The fourth-order valence-corrected chi connectivity index (χ4v) is 2.11. The van der Waals surface area contributed by atoms with Crippen molar-refractivity contribution in [2.24, 2.45) is 0 Å². The van der Waals surface area contributed by atoms with Gasteiger partial charge in [0.05, 0.1) is 20.3 Å². The second-order valence-corrected chi connectivity index (χ2v) is 4.75. The Morgan fingerprint density at radius 3 is 2.68 bits per heavy atom. The van der Waals surface area contributed by atoms with Crippen LogP contribution in [0.5, 0.6) is 0 Å². The molecule has 1 heterocycles. The van der Waals surface area contributed by atoms with E-state index in [9.17, 15) is 9.59 Å². The van der Waals surface area contributed by atoms with Crippen molar-refractivity contribution >= 4 is 11.7 Å². The number of hydrogen-bond acceptors (Lipinski definition) is 5. The van der Waals surface area contributed by atoms with E-state index in [0.717, 1.165) is 5.56 Å². The van der Waals surface area contributed by atoms with Crippen LogP contribution in [0.1, 0.15) is 17.0 Å². The molecule has 0 aliphatic heterocycles. The zero-order valence-corrected chi connectivity index (χ0v) is 12.2. The Morgan fingerprint density at radius 1 is 1.27 bits per heavy atom. The molecule has 22 heavy (non-hydrogen) atoms. The predicted molar refractivity (Wildman–Crippen MR) is 82.3 cm³/mol. The minimum Gasteiger partial charge on any atom is -0.468 e. The number of hydrogen-bond donors (Lipinski definition) is 2. The van der Waals surface area contributed by atoms with Crippen molar-refractivity contribution in [2.75, 3.05) is 19.5 Å². The molecule has 1 atom stereocenters. The molecule has 0 bridgehead atoms. The third-order valence-corrected chi connectivity index (χ3v) is 3.29. The summed E-state index contributed by atoms with van der Waals surface area (Å²) in [6.45, 7) is 0.437. The summed E-state index contributed by atoms with van der Waals surface area (Å²) < 4.78 is 10.4. The van der Waals surface area contributed by atoms with Gasteiger partial charge in [-0.05, 0) is 17.2 Å². The fourth-order valence-electron chi connectivity index (χ4n) is 2.11. The number of anilines is 1. The Morgan fingerprint density at radius 2 is 2.00 bits per heavy atom. The number of benzene rings is 1. The van der Waals surface area contributed by atoms with Crippen molar-refractivity contribution in [1.29, 1.82) is 0 Å². The number of nitrogens with one attached hydrogen (secondary N) is 1. The van der Waals surface area contributed by atoms with Crippen LogP contribution in [0.15, 0.2) is 47.4 Å². The molecule has 0 aliphatic rings. The number of nitrogen functional groups attached to an aromatic ring is 1. The number of methoxy groups -OCH3 is 1. The van der Waals surface area contributed by atoms with Gasteiger partial charge in [0, 0.05) is 6.20 Å². The molecular formula is C16H18N2O4. The van der Waals surface area contributed by atoms with Gasteiger partial charge in [-0.2, -0.15) is 0 Å². The topological polar surface area (TPSA) is 94.4 Å². The highest BCUT2D eigenvalue weighted by atomic mass is 16.5. The van der Waals surface area contributed by atoms with Crippen molar-refractivity contribution in [3.05, 3.63) is 64.1 Å². The number of carbonyl (C=O) groups excluding carboxylic acids is 1.